The van der Waals surface area contributed by atoms with Crippen LogP contribution in [0.25, 0.3) is 16.5 Å². The van der Waals surface area contributed by atoms with Gasteiger partial charge in [-0.25, -0.2) is 14.5 Å². The van der Waals surface area contributed by atoms with Gasteiger partial charge in [0.2, 0.25) is 11.8 Å². The minimum atomic E-state index is -0.882. The van der Waals surface area contributed by atoms with Gasteiger partial charge in [0.25, 0.3) is 5.91 Å². The molecule has 4 aromatic carbocycles. The molecule has 292 valence electrons. The van der Waals surface area contributed by atoms with E-state index in [2.05, 4.69) is 53.2 Å². The number of urea groups is 1. The van der Waals surface area contributed by atoms with Crippen molar-refractivity contribution in [1.82, 2.24) is 30.0 Å². The maximum Gasteiger partial charge on any atom is 0.324 e. The molecule has 0 saturated carbocycles. The van der Waals surface area contributed by atoms with Crippen molar-refractivity contribution < 1.29 is 19.1 Å². The van der Waals surface area contributed by atoms with Gasteiger partial charge < -0.3 is 25.4 Å². The number of hydrogen-bond acceptors (Lipinski definition) is 10. The number of rotatable bonds is 12. The summed E-state index contributed by atoms with van der Waals surface area (Å²) in [5, 5.41) is 27.9. The van der Waals surface area contributed by atoms with Crippen molar-refractivity contribution >= 4 is 45.9 Å². The molecule has 0 bridgehead atoms. The van der Waals surface area contributed by atoms with Gasteiger partial charge in [-0.05, 0) is 63.2 Å². The van der Waals surface area contributed by atoms with E-state index >= 15 is 0 Å². The number of amides is 3. The molecule has 2 aromatic heterocycles. The lowest BCUT2D eigenvalue weighted by atomic mass is 9.92. The number of terminal acetylenes is 1. The summed E-state index contributed by atoms with van der Waals surface area (Å²) in [6, 6.07) is 28.9. The van der Waals surface area contributed by atoms with Crippen molar-refractivity contribution in [3.63, 3.8) is 0 Å². The smallest absolute Gasteiger partial charge is 0.324 e. The Hall–Kier alpha value is -7.26. The number of nitrogens with zero attached hydrogens (tertiary/aromatic N) is 6. The molecular weight excluding hydrogens is 733 g/mol. The van der Waals surface area contributed by atoms with Crippen LogP contribution in [0.4, 0.5) is 27.9 Å². The number of nitrogens with one attached hydrogen (secondary N) is 4. The van der Waals surface area contributed by atoms with Crippen LogP contribution in [-0.2, 0) is 10.2 Å². The number of fused-ring (bicyclic) bond motifs is 1. The highest BCUT2D eigenvalue weighted by molar-refractivity contribution is 6.07. The zero-order chi connectivity index (χ0) is 40.6. The van der Waals surface area contributed by atoms with Crippen molar-refractivity contribution in [2.75, 3.05) is 55.3 Å². The van der Waals surface area contributed by atoms with Gasteiger partial charge in [0, 0.05) is 72.1 Å². The van der Waals surface area contributed by atoms with Crippen molar-refractivity contribution in [1.29, 1.82) is 5.26 Å². The van der Waals surface area contributed by atoms with E-state index in [1.54, 1.807) is 67.2 Å². The Morgan fingerprint density at radius 1 is 0.966 bits per heavy atom. The third-order valence-corrected chi connectivity index (χ3v) is 9.56. The molecule has 6 aromatic rings. The van der Waals surface area contributed by atoms with E-state index in [4.69, 9.17) is 15.9 Å². The topological polar surface area (TPSA) is 171 Å². The first-order chi connectivity index (χ1) is 28.1. The van der Waals surface area contributed by atoms with E-state index in [9.17, 15) is 14.9 Å². The zero-order valence-electron chi connectivity index (χ0n) is 32.4. The average Bonchev–Trinajstić information content (AvgIpc) is 3.66. The molecular formula is C44H42N10O4. The fourth-order valence-electron chi connectivity index (χ4n) is 6.32. The van der Waals surface area contributed by atoms with E-state index in [-0.39, 0.29) is 17.7 Å². The minimum Gasteiger partial charge on any atom is -0.438 e. The lowest BCUT2D eigenvalue weighted by molar-refractivity contribution is 0.0383. The lowest BCUT2D eigenvalue weighted by Gasteiger charge is -2.26. The molecule has 4 N–H and O–H groups in total. The fraction of sp³-hybridized carbons (Fsp3) is 0.227. The highest BCUT2D eigenvalue weighted by Crippen LogP contribution is 2.35. The first-order valence-corrected chi connectivity index (χ1v) is 18.7. The van der Waals surface area contributed by atoms with Gasteiger partial charge >= 0.3 is 6.03 Å². The van der Waals surface area contributed by atoms with Crippen LogP contribution in [0.1, 0.15) is 41.0 Å². The number of ether oxygens (including phenoxy) is 2. The van der Waals surface area contributed by atoms with Gasteiger partial charge in [0.1, 0.15) is 11.6 Å². The van der Waals surface area contributed by atoms with Crippen molar-refractivity contribution in [2.45, 2.75) is 26.2 Å². The number of anilines is 4. The highest BCUT2D eigenvalue weighted by Gasteiger charge is 2.26. The number of carbonyl (C=O) groups excluding carboxylic acids is 2. The molecule has 0 unspecified atom stereocenters. The van der Waals surface area contributed by atoms with Crippen LogP contribution in [0.3, 0.4) is 0 Å². The van der Waals surface area contributed by atoms with E-state index in [0.29, 0.717) is 59.5 Å². The molecule has 7 rings (SSSR count). The summed E-state index contributed by atoms with van der Waals surface area (Å²) in [6.45, 7) is 9.83. The number of aryl methyl sites for hydroxylation is 1. The summed E-state index contributed by atoms with van der Waals surface area (Å²) in [7, 11) is 0. The number of morpholine rings is 1. The molecule has 58 heavy (non-hydrogen) atoms. The summed E-state index contributed by atoms with van der Waals surface area (Å²) in [5.41, 5.74) is 3.46. The van der Waals surface area contributed by atoms with E-state index in [1.807, 2.05) is 55.5 Å². The van der Waals surface area contributed by atoms with Crippen LogP contribution < -0.4 is 26.0 Å². The molecule has 0 atom stereocenters. The summed E-state index contributed by atoms with van der Waals surface area (Å²) >= 11 is 0. The van der Waals surface area contributed by atoms with Gasteiger partial charge in [-0.15, -0.1) is 6.42 Å². The van der Waals surface area contributed by atoms with E-state index in [1.165, 1.54) is 0 Å². The van der Waals surface area contributed by atoms with Crippen LogP contribution in [0.5, 0.6) is 11.6 Å². The standard InChI is InChI=1S/C44H42N10O4/c1-5-30-24-31(41(55)46-18-19-53-20-22-57-23-21-53)26-32(25-30)48-42-47-17-16-40(51-42)58-37-15-14-36(34-8-6-7-9-35(34)37)49-43(56)50-39-27-38(44(3,4)28-45)52-54(39)33-12-10-29(2)11-13-33/h1,6-17,24-27H,18-23H2,2-4H3,(H,46,55)(H,47,48,51)(H2,49,50,56). The molecule has 1 aliphatic heterocycles. The third-order valence-electron chi connectivity index (χ3n) is 9.56. The van der Waals surface area contributed by atoms with Crippen LogP contribution >= 0.6 is 0 Å². The highest BCUT2D eigenvalue weighted by atomic mass is 16.5. The molecule has 3 amide bonds. The molecule has 1 fully saturated rings. The minimum absolute atomic E-state index is 0.232. The van der Waals surface area contributed by atoms with Crippen molar-refractivity contribution in [2.24, 2.45) is 0 Å². The van der Waals surface area contributed by atoms with Gasteiger partial charge in [0.05, 0.1) is 41.8 Å². The third kappa shape index (κ3) is 9.22. The molecule has 3 heterocycles. The monoisotopic (exact) mass is 774 g/mol. The molecule has 0 spiro atoms. The van der Waals surface area contributed by atoms with Crippen molar-refractivity contribution in [3.05, 3.63) is 120 Å². The summed E-state index contributed by atoms with van der Waals surface area (Å²) in [5.74, 6) is 3.77. The summed E-state index contributed by atoms with van der Waals surface area (Å²) in [6.07, 6.45) is 7.30. The summed E-state index contributed by atoms with van der Waals surface area (Å²) in [4.78, 5) is 37.8. The molecule has 14 heteroatoms. The second-order valence-corrected chi connectivity index (χ2v) is 14.2. The van der Waals surface area contributed by atoms with Crippen LogP contribution in [0.2, 0.25) is 0 Å². The lowest BCUT2D eigenvalue weighted by Crippen LogP contribution is -2.41. The first-order valence-electron chi connectivity index (χ1n) is 18.7. The maximum atomic E-state index is 13.5. The van der Waals surface area contributed by atoms with Crippen LogP contribution in [0, 0.1) is 30.6 Å². The molecule has 1 saturated heterocycles. The molecule has 0 aliphatic carbocycles. The predicted molar refractivity (Wildman–Crippen MR) is 223 cm³/mol. The van der Waals surface area contributed by atoms with Gasteiger partial charge in [-0.1, -0.05) is 47.9 Å². The summed E-state index contributed by atoms with van der Waals surface area (Å²) < 4.78 is 13.3. The van der Waals surface area contributed by atoms with Crippen LogP contribution in [0.15, 0.2) is 97.2 Å². The largest absolute Gasteiger partial charge is 0.438 e. The molecule has 0 radical (unpaired) electrons. The van der Waals surface area contributed by atoms with Gasteiger partial charge in [-0.2, -0.15) is 15.3 Å². The number of aromatic nitrogens is 4. The van der Waals surface area contributed by atoms with E-state index < -0.39 is 11.4 Å². The number of benzene rings is 4. The fourth-order valence-corrected chi connectivity index (χ4v) is 6.32. The van der Waals surface area contributed by atoms with E-state index in [0.717, 1.165) is 41.7 Å². The average molecular weight is 775 g/mol. The van der Waals surface area contributed by atoms with Crippen LogP contribution in [-0.4, -0.2) is 76.0 Å². The Morgan fingerprint density at radius 2 is 1.74 bits per heavy atom. The first kappa shape index (κ1) is 39.0. The Morgan fingerprint density at radius 3 is 2.50 bits per heavy atom. The zero-order valence-corrected chi connectivity index (χ0v) is 32.4. The Balaban J connectivity index is 1.05. The molecule has 1 aliphatic rings. The maximum absolute atomic E-state index is 13.5. The quantitative estimate of drug-likeness (QED) is 0.0937. The Kier molecular flexibility index (Phi) is 11.6. The second kappa shape index (κ2) is 17.3. The second-order valence-electron chi connectivity index (χ2n) is 14.2. The number of nitriles is 1. The normalized spacial score (nSPS) is 12.9. The van der Waals surface area contributed by atoms with Gasteiger partial charge in [0.15, 0.2) is 0 Å². The van der Waals surface area contributed by atoms with Crippen molar-refractivity contribution in [3.8, 4) is 35.7 Å². The number of carbonyl (C=O) groups is 2. The Bertz CT molecular complexity index is 2550. The predicted octanol–water partition coefficient (Wildman–Crippen LogP) is 7.15. The Labute approximate surface area is 336 Å². The van der Waals surface area contributed by atoms with Gasteiger partial charge in [-0.3, -0.25) is 15.0 Å². The molecule has 14 nitrogen and oxygen atoms in total. The number of hydrogen-bond donors (Lipinski definition) is 4. The SMILES string of the molecule is C#Cc1cc(Nc2nccc(Oc3ccc(NC(=O)Nc4cc(C(C)(C)C#N)nn4-c4ccc(C)cc4)c4ccccc34)n2)cc(C(=O)NCCN2CCOCC2)c1.